The van der Waals surface area contributed by atoms with Crippen LogP contribution in [0.25, 0.3) is 0 Å². The number of hydrogen-bond acceptors (Lipinski definition) is 2. The minimum absolute atomic E-state index is 0.378. The SMILES string of the molecule is COC[C@@H]1C[C@H]2[C@@H]3CC[C@@H]4C[C@](C)(O)CC[C@@H]4[C@H]3C[C@@H](C)[C@H]12. The smallest absolute Gasteiger partial charge is 0.0622 e. The zero-order valence-electron chi connectivity index (χ0n) is 14.6. The third kappa shape index (κ3) is 2.36. The van der Waals surface area contributed by atoms with Gasteiger partial charge in [-0.05, 0) is 99.2 Å². The molecular weight excluding hydrogens is 272 g/mol. The largest absolute Gasteiger partial charge is 0.390 e. The second kappa shape index (κ2) is 5.48. The molecule has 4 aliphatic rings. The van der Waals surface area contributed by atoms with Crippen molar-refractivity contribution in [1.82, 2.24) is 0 Å². The van der Waals surface area contributed by atoms with Gasteiger partial charge in [-0.1, -0.05) is 6.92 Å². The Balaban J connectivity index is 1.49. The highest BCUT2D eigenvalue weighted by atomic mass is 16.5. The van der Waals surface area contributed by atoms with Gasteiger partial charge in [0.1, 0.15) is 0 Å². The summed E-state index contributed by atoms with van der Waals surface area (Å²) < 4.78 is 5.46. The summed E-state index contributed by atoms with van der Waals surface area (Å²) in [5, 5.41) is 10.4. The Hall–Kier alpha value is -0.0800. The number of aliphatic hydroxyl groups is 1. The number of methoxy groups -OCH3 is 1. The summed E-state index contributed by atoms with van der Waals surface area (Å²) in [7, 11) is 1.86. The molecule has 2 heteroatoms. The Morgan fingerprint density at radius 3 is 2.64 bits per heavy atom. The molecule has 4 aliphatic carbocycles. The highest BCUT2D eigenvalue weighted by Gasteiger charge is 2.57. The van der Waals surface area contributed by atoms with Crippen molar-refractivity contribution in [2.75, 3.05) is 13.7 Å². The summed E-state index contributed by atoms with van der Waals surface area (Å²) in [6.07, 6.45) is 9.09. The summed E-state index contributed by atoms with van der Waals surface area (Å²) in [4.78, 5) is 0. The average Bonchev–Trinajstić information content (AvgIpc) is 2.42. The Labute approximate surface area is 136 Å². The second-order valence-electron chi connectivity index (χ2n) is 9.47. The third-order valence-electron chi connectivity index (χ3n) is 8.14. The summed E-state index contributed by atoms with van der Waals surface area (Å²) in [6, 6.07) is 0. The van der Waals surface area contributed by atoms with Crippen LogP contribution in [0.2, 0.25) is 0 Å². The van der Waals surface area contributed by atoms with Crippen LogP contribution >= 0.6 is 0 Å². The molecule has 0 spiro atoms. The van der Waals surface area contributed by atoms with Crippen LogP contribution < -0.4 is 0 Å². The van der Waals surface area contributed by atoms with Crippen LogP contribution in [-0.2, 0) is 4.74 Å². The van der Waals surface area contributed by atoms with E-state index in [4.69, 9.17) is 4.74 Å². The molecule has 0 saturated heterocycles. The number of rotatable bonds is 2. The van der Waals surface area contributed by atoms with Crippen LogP contribution in [0.15, 0.2) is 0 Å². The van der Waals surface area contributed by atoms with Crippen molar-refractivity contribution >= 4 is 0 Å². The second-order valence-corrected chi connectivity index (χ2v) is 9.47. The lowest BCUT2D eigenvalue weighted by Crippen LogP contribution is -2.56. The molecule has 126 valence electrons. The molecule has 0 aromatic carbocycles. The highest BCUT2D eigenvalue weighted by Crippen LogP contribution is 2.63. The fraction of sp³-hybridized carbons (Fsp3) is 1.00. The monoisotopic (exact) mass is 306 g/mol. The average molecular weight is 306 g/mol. The van der Waals surface area contributed by atoms with Crippen molar-refractivity contribution < 1.29 is 9.84 Å². The van der Waals surface area contributed by atoms with Crippen molar-refractivity contribution in [1.29, 1.82) is 0 Å². The van der Waals surface area contributed by atoms with E-state index in [1.165, 1.54) is 32.1 Å². The van der Waals surface area contributed by atoms with Gasteiger partial charge < -0.3 is 9.84 Å². The molecule has 22 heavy (non-hydrogen) atoms. The maximum atomic E-state index is 10.4. The standard InChI is InChI=1S/C20H34O2/c1-12-8-17-15-6-7-20(2,21)10-13(15)4-5-16(17)18-9-14(11-22-3)19(12)18/h12-19,21H,4-11H2,1-3H3/t12-,13-,14+,15+,16-,17-,18+,19-,20-/m1/s1. The quantitative estimate of drug-likeness (QED) is 0.831. The maximum Gasteiger partial charge on any atom is 0.0622 e. The van der Waals surface area contributed by atoms with E-state index in [0.717, 1.165) is 66.8 Å². The molecule has 9 atom stereocenters. The van der Waals surface area contributed by atoms with Gasteiger partial charge >= 0.3 is 0 Å². The van der Waals surface area contributed by atoms with Gasteiger partial charge in [-0.3, -0.25) is 0 Å². The lowest BCUT2D eigenvalue weighted by atomic mass is 9.43. The number of ether oxygens (including phenoxy) is 1. The van der Waals surface area contributed by atoms with Crippen LogP contribution in [0.3, 0.4) is 0 Å². The molecule has 4 fully saturated rings. The molecular formula is C20H34O2. The first-order chi connectivity index (χ1) is 10.5. The first kappa shape index (κ1) is 15.4. The van der Waals surface area contributed by atoms with Gasteiger partial charge in [0.25, 0.3) is 0 Å². The van der Waals surface area contributed by atoms with E-state index in [2.05, 4.69) is 13.8 Å². The first-order valence-corrected chi connectivity index (χ1v) is 9.71. The fourth-order valence-corrected chi connectivity index (χ4v) is 7.37. The van der Waals surface area contributed by atoms with Crippen molar-refractivity contribution in [2.45, 2.75) is 64.4 Å². The van der Waals surface area contributed by atoms with Crippen LogP contribution in [0.4, 0.5) is 0 Å². The molecule has 0 aromatic heterocycles. The predicted molar refractivity (Wildman–Crippen MR) is 88.4 cm³/mol. The van der Waals surface area contributed by atoms with Gasteiger partial charge in [-0.15, -0.1) is 0 Å². The van der Waals surface area contributed by atoms with Crippen molar-refractivity contribution in [3.05, 3.63) is 0 Å². The molecule has 0 bridgehead atoms. The summed E-state index contributed by atoms with van der Waals surface area (Å²) in [6.45, 7) is 5.56. The number of fused-ring (bicyclic) bond motifs is 5. The zero-order chi connectivity index (χ0) is 15.5. The van der Waals surface area contributed by atoms with Gasteiger partial charge in [0.15, 0.2) is 0 Å². The molecule has 0 aliphatic heterocycles. The van der Waals surface area contributed by atoms with E-state index in [1.807, 2.05) is 7.11 Å². The summed E-state index contributed by atoms with van der Waals surface area (Å²) in [5.41, 5.74) is -0.378. The van der Waals surface area contributed by atoms with Crippen molar-refractivity contribution in [2.24, 2.45) is 47.3 Å². The van der Waals surface area contributed by atoms with E-state index in [-0.39, 0.29) is 5.60 Å². The normalized spacial score (nSPS) is 57.3. The molecule has 2 nitrogen and oxygen atoms in total. The van der Waals surface area contributed by atoms with E-state index >= 15 is 0 Å². The Morgan fingerprint density at radius 2 is 1.86 bits per heavy atom. The van der Waals surface area contributed by atoms with Crippen LogP contribution in [0, 0.1) is 47.3 Å². The zero-order valence-corrected chi connectivity index (χ0v) is 14.6. The minimum atomic E-state index is -0.378. The Kier molecular flexibility index (Phi) is 3.85. The lowest BCUT2D eigenvalue weighted by Gasteiger charge is -2.62. The van der Waals surface area contributed by atoms with Crippen LogP contribution in [0.1, 0.15) is 58.8 Å². The van der Waals surface area contributed by atoms with Crippen molar-refractivity contribution in [3.63, 3.8) is 0 Å². The van der Waals surface area contributed by atoms with Crippen molar-refractivity contribution in [3.8, 4) is 0 Å². The van der Waals surface area contributed by atoms with Gasteiger partial charge in [-0.2, -0.15) is 0 Å². The van der Waals surface area contributed by atoms with Gasteiger partial charge in [0, 0.05) is 13.7 Å². The Bertz CT molecular complexity index is 418. The molecule has 0 amide bonds. The van der Waals surface area contributed by atoms with Gasteiger partial charge in [0.05, 0.1) is 5.60 Å². The molecule has 4 rings (SSSR count). The van der Waals surface area contributed by atoms with E-state index in [9.17, 15) is 5.11 Å². The summed E-state index contributed by atoms with van der Waals surface area (Å²) in [5.74, 6) is 7.37. The van der Waals surface area contributed by atoms with E-state index < -0.39 is 0 Å². The van der Waals surface area contributed by atoms with Crippen LogP contribution in [-0.4, -0.2) is 24.4 Å². The van der Waals surface area contributed by atoms with Gasteiger partial charge in [0.2, 0.25) is 0 Å². The number of hydrogen-bond donors (Lipinski definition) is 1. The Morgan fingerprint density at radius 1 is 1.05 bits per heavy atom. The molecule has 1 N–H and O–H groups in total. The van der Waals surface area contributed by atoms with E-state index in [0.29, 0.717) is 0 Å². The molecule has 0 aromatic rings. The first-order valence-electron chi connectivity index (χ1n) is 9.71. The topological polar surface area (TPSA) is 29.5 Å². The molecule has 4 saturated carbocycles. The maximum absolute atomic E-state index is 10.4. The lowest BCUT2D eigenvalue weighted by molar-refractivity contribution is -0.151. The van der Waals surface area contributed by atoms with Gasteiger partial charge in [-0.25, -0.2) is 0 Å². The highest BCUT2D eigenvalue weighted by molar-refractivity contribution is 5.06. The summed E-state index contributed by atoms with van der Waals surface area (Å²) >= 11 is 0. The fourth-order valence-electron chi connectivity index (χ4n) is 7.37. The molecule has 0 unspecified atom stereocenters. The van der Waals surface area contributed by atoms with Crippen LogP contribution in [0.5, 0.6) is 0 Å². The third-order valence-corrected chi connectivity index (χ3v) is 8.14. The van der Waals surface area contributed by atoms with E-state index in [1.54, 1.807) is 0 Å². The molecule has 0 heterocycles. The predicted octanol–water partition coefficient (Wildman–Crippen LogP) is 4.12. The minimum Gasteiger partial charge on any atom is -0.390 e. The molecule has 0 radical (unpaired) electrons.